The standard InChI is InChI=1S/C15H13ClN8O5S4/c16-10-6(20-15(17)33-10)7(22-29)11(25)19-8-12(26)24-9(14(27)28)4(2-30-13(8)24)31-3-32-5-1-18-23-21-5/h1,8,13,29H,2-3H2,(H2,17,20)(H,19,25)(H,27,28)(H,18,21,23)/b22-7-/t8-,13+/m1/s1. The maximum absolute atomic E-state index is 12.8. The summed E-state index contributed by atoms with van der Waals surface area (Å²) < 4.78 is 0.0466. The summed E-state index contributed by atoms with van der Waals surface area (Å²) in [7, 11) is 0. The molecule has 0 aromatic carbocycles. The molecule has 6 N–H and O–H groups in total. The molecule has 2 amide bonds. The summed E-state index contributed by atoms with van der Waals surface area (Å²) in [5, 5.41) is 35.1. The van der Waals surface area contributed by atoms with Crippen LogP contribution in [0.5, 0.6) is 0 Å². The van der Waals surface area contributed by atoms with Crippen LogP contribution in [0.4, 0.5) is 5.13 Å². The number of rotatable bonds is 8. The smallest absolute Gasteiger partial charge is 0.353 e. The number of nitrogen functional groups attached to an aromatic ring is 1. The van der Waals surface area contributed by atoms with E-state index in [4.69, 9.17) is 17.3 Å². The SMILES string of the molecule is Nc1nc(/C(=N/O)C(=O)N[C@@H]2C(=O)N3C(C(=O)O)=C(SCSc4cn[nH]n4)CS[C@@H]23)c(Cl)s1. The van der Waals surface area contributed by atoms with Gasteiger partial charge in [0.15, 0.2) is 10.8 Å². The van der Waals surface area contributed by atoms with Crippen molar-refractivity contribution in [2.24, 2.45) is 5.16 Å². The number of anilines is 1. The number of β-lactam (4-membered cyclic amide) rings is 1. The zero-order valence-corrected chi connectivity index (χ0v) is 20.1. The Morgan fingerprint density at radius 2 is 2.24 bits per heavy atom. The summed E-state index contributed by atoms with van der Waals surface area (Å²) in [5.41, 5.74) is 4.82. The third-order valence-electron chi connectivity index (χ3n) is 4.40. The van der Waals surface area contributed by atoms with Gasteiger partial charge in [-0.25, -0.2) is 9.78 Å². The number of hydrogen-bond acceptors (Lipinski definition) is 13. The van der Waals surface area contributed by atoms with Crippen LogP contribution in [0.3, 0.4) is 0 Å². The molecule has 0 radical (unpaired) electrons. The number of nitrogens with two attached hydrogens (primary N) is 1. The number of carboxylic acids is 1. The van der Waals surface area contributed by atoms with Crippen LogP contribution >= 0.6 is 58.2 Å². The minimum atomic E-state index is -1.24. The van der Waals surface area contributed by atoms with Crippen molar-refractivity contribution in [1.82, 2.24) is 30.6 Å². The Morgan fingerprint density at radius 1 is 1.45 bits per heavy atom. The fourth-order valence-corrected chi connectivity index (χ4v) is 7.50. The number of H-pyrrole nitrogens is 1. The number of aliphatic carboxylic acids is 1. The lowest BCUT2D eigenvalue weighted by atomic mass is 10.0. The Labute approximate surface area is 206 Å². The van der Waals surface area contributed by atoms with E-state index >= 15 is 0 Å². The first-order chi connectivity index (χ1) is 15.8. The van der Waals surface area contributed by atoms with Gasteiger partial charge in [-0.2, -0.15) is 10.3 Å². The number of aromatic nitrogens is 4. The van der Waals surface area contributed by atoms with Gasteiger partial charge in [0, 0.05) is 10.7 Å². The number of fused-ring (bicyclic) bond motifs is 1. The average Bonchev–Trinajstić information content (AvgIpc) is 3.41. The van der Waals surface area contributed by atoms with Gasteiger partial charge >= 0.3 is 5.97 Å². The topological polar surface area (TPSA) is 200 Å². The Balaban J connectivity index is 1.45. The van der Waals surface area contributed by atoms with Crippen LogP contribution in [-0.4, -0.2) is 81.4 Å². The van der Waals surface area contributed by atoms with Crippen LogP contribution in [0.1, 0.15) is 5.69 Å². The van der Waals surface area contributed by atoms with E-state index in [1.165, 1.54) is 35.3 Å². The monoisotopic (exact) mass is 548 g/mol. The van der Waals surface area contributed by atoms with Crippen LogP contribution in [-0.2, 0) is 14.4 Å². The van der Waals surface area contributed by atoms with Crippen LogP contribution in [0.15, 0.2) is 27.0 Å². The molecule has 13 nitrogen and oxygen atoms in total. The van der Waals surface area contributed by atoms with E-state index in [1.807, 2.05) is 0 Å². The fourth-order valence-electron chi connectivity index (χ4n) is 3.00. The Hall–Kier alpha value is -2.47. The molecule has 0 bridgehead atoms. The number of nitrogens with zero attached hydrogens (tertiary/aromatic N) is 5. The molecule has 2 aromatic heterocycles. The molecule has 4 heterocycles. The van der Waals surface area contributed by atoms with E-state index in [9.17, 15) is 24.7 Å². The van der Waals surface area contributed by atoms with Gasteiger partial charge in [-0.05, 0) is 0 Å². The van der Waals surface area contributed by atoms with E-state index in [0.29, 0.717) is 20.8 Å². The van der Waals surface area contributed by atoms with Crippen molar-refractivity contribution in [3.8, 4) is 0 Å². The van der Waals surface area contributed by atoms with Crippen molar-refractivity contribution in [1.29, 1.82) is 0 Å². The molecule has 2 atom stereocenters. The molecule has 1 fully saturated rings. The largest absolute Gasteiger partial charge is 0.477 e. The van der Waals surface area contributed by atoms with Crippen molar-refractivity contribution < 1.29 is 24.7 Å². The lowest BCUT2D eigenvalue weighted by Crippen LogP contribution is -2.71. The minimum absolute atomic E-state index is 0.0466. The van der Waals surface area contributed by atoms with Crippen molar-refractivity contribution in [3.05, 3.63) is 26.8 Å². The van der Waals surface area contributed by atoms with Crippen LogP contribution in [0.2, 0.25) is 4.34 Å². The predicted octanol–water partition coefficient (Wildman–Crippen LogP) is 0.854. The number of aromatic amines is 1. The number of carboxylic acid groups (broad SMARTS) is 1. The Bertz CT molecular complexity index is 1170. The molecular weight excluding hydrogens is 536 g/mol. The average molecular weight is 549 g/mol. The third kappa shape index (κ3) is 4.63. The molecule has 0 aliphatic carbocycles. The van der Waals surface area contributed by atoms with Crippen molar-refractivity contribution in [2.75, 3.05) is 16.6 Å². The normalized spacial score (nSPS) is 20.5. The van der Waals surface area contributed by atoms with E-state index in [1.54, 1.807) is 6.20 Å². The Morgan fingerprint density at radius 3 is 2.85 bits per heavy atom. The second-order valence-corrected chi connectivity index (χ2v) is 11.4. The molecule has 174 valence electrons. The lowest BCUT2D eigenvalue weighted by molar-refractivity contribution is -0.150. The quantitative estimate of drug-likeness (QED) is 0.0778. The number of hydrogen-bond donors (Lipinski definition) is 5. The first-order valence-corrected chi connectivity index (χ1v) is 13.0. The van der Waals surface area contributed by atoms with Gasteiger partial charge in [-0.3, -0.25) is 14.5 Å². The molecule has 33 heavy (non-hydrogen) atoms. The van der Waals surface area contributed by atoms with E-state index < -0.39 is 34.9 Å². The van der Waals surface area contributed by atoms with E-state index in [-0.39, 0.29) is 20.9 Å². The molecule has 1 saturated heterocycles. The van der Waals surface area contributed by atoms with E-state index in [0.717, 1.165) is 16.2 Å². The number of carbonyl (C=O) groups is 3. The van der Waals surface area contributed by atoms with Gasteiger partial charge in [-0.15, -0.1) is 28.6 Å². The number of nitrogens with one attached hydrogen (secondary N) is 2. The summed E-state index contributed by atoms with van der Waals surface area (Å²) in [6.07, 6.45) is 1.55. The maximum Gasteiger partial charge on any atom is 0.353 e. The van der Waals surface area contributed by atoms with Crippen molar-refractivity contribution >= 4 is 86.9 Å². The highest BCUT2D eigenvalue weighted by Crippen LogP contribution is 2.44. The number of thioether (sulfide) groups is 3. The number of oxime groups is 1. The molecule has 0 unspecified atom stereocenters. The van der Waals surface area contributed by atoms with Crippen molar-refractivity contribution in [2.45, 2.75) is 16.4 Å². The molecule has 0 spiro atoms. The minimum Gasteiger partial charge on any atom is -0.477 e. The summed E-state index contributed by atoms with van der Waals surface area (Å²) in [4.78, 5) is 42.9. The van der Waals surface area contributed by atoms with Gasteiger partial charge in [0.25, 0.3) is 11.8 Å². The summed E-state index contributed by atoms with van der Waals surface area (Å²) in [6, 6.07) is -1.01. The fraction of sp³-hybridized carbons (Fsp3) is 0.267. The predicted molar refractivity (Wildman–Crippen MR) is 124 cm³/mol. The number of carbonyl (C=O) groups excluding carboxylic acids is 2. The first-order valence-electron chi connectivity index (χ1n) is 8.79. The lowest BCUT2D eigenvalue weighted by Gasteiger charge is -2.49. The van der Waals surface area contributed by atoms with E-state index in [2.05, 4.69) is 30.9 Å². The van der Waals surface area contributed by atoms with Gasteiger partial charge < -0.3 is 21.4 Å². The zero-order chi connectivity index (χ0) is 23.7. The molecule has 2 aliphatic heterocycles. The first kappa shape index (κ1) is 23.7. The zero-order valence-electron chi connectivity index (χ0n) is 16.1. The van der Waals surface area contributed by atoms with Crippen molar-refractivity contribution in [3.63, 3.8) is 0 Å². The molecular formula is C15H13ClN8O5S4. The highest BCUT2D eigenvalue weighted by Gasteiger charge is 2.54. The summed E-state index contributed by atoms with van der Waals surface area (Å²) in [5.74, 6) is -2.40. The number of amides is 2. The molecule has 2 aromatic rings. The van der Waals surface area contributed by atoms with Gasteiger partial charge in [0.05, 0.1) is 11.3 Å². The van der Waals surface area contributed by atoms with Gasteiger partial charge in [0.1, 0.15) is 32.2 Å². The summed E-state index contributed by atoms with van der Waals surface area (Å²) >= 11 is 10.8. The van der Waals surface area contributed by atoms with Crippen LogP contribution < -0.4 is 11.1 Å². The van der Waals surface area contributed by atoms with Gasteiger partial charge in [0.2, 0.25) is 0 Å². The molecule has 0 saturated carbocycles. The highest BCUT2D eigenvalue weighted by atomic mass is 35.5. The second-order valence-electron chi connectivity index (χ2n) is 6.28. The van der Waals surface area contributed by atoms with Crippen LogP contribution in [0, 0.1) is 0 Å². The molecule has 2 aliphatic rings. The highest BCUT2D eigenvalue weighted by molar-refractivity contribution is 8.18. The number of thiazole rings is 1. The molecule has 18 heteroatoms. The van der Waals surface area contributed by atoms with Gasteiger partial charge in [-0.1, -0.05) is 39.9 Å². The molecule has 4 rings (SSSR count). The maximum atomic E-state index is 12.8. The third-order valence-corrected chi connectivity index (χ3v) is 9.06. The summed E-state index contributed by atoms with van der Waals surface area (Å²) in [6.45, 7) is 0. The second kappa shape index (κ2) is 9.80. The number of halogens is 1. The van der Waals surface area contributed by atoms with Crippen LogP contribution in [0.25, 0.3) is 0 Å². The Kier molecular flexibility index (Phi) is 7.03.